The average molecular weight is 311 g/mol. The van der Waals surface area contributed by atoms with Crippen molar-refractivity contribution in [2.75, 3.05) is 6.54 Å². The molecule has 0 amide bonds. The van der Waals surface area contributed by atoms with Gasteiger partial charge < -0.3 is 9.51 Å². The Labute approximate surface area is 134 Å². The van der Waals surface area contributed by atoms with Crippen molar-refractivity contribution >= 4 is 11.0 Å². The largest absolute Gasteiger partial charge is 0.341 e. The third-order valence-electron chi connectivity index (χ3n) is 4.49. The normalized spacial score (nSPS) is 19.0. The lowest BCUT2D eigenvalue weighted by atomic mass is 10.2. The first-order valence-corrected chi connectivity index (χ1v) is 8.24. The number of fused-ring (bicyclic) bond motifs is 1. The van der Waals surface area contributed by atoms with Crippen molar-refractivity contribution in [1.82, 2.24) is 25.0 Å². The summed E-state index contributed by atoms with van der Waals surface area (Å²) in [5.74, 6) is 2.51. The Morgan fingerprint density at radius 1 is 1.35 bits per heavy atom. The van der Waals surface area contributed by atoms with Gasteiger partial charge in [-0.1, -0.05) is 18.1 Å². The lowest BCUT2D eigenvalue weighted by Gasteiger charge is -2.20. The smallest absolute Gasteiger partial charge is 0.226 e. The number of aromatic amines is 1. The molecule has 1 aromatic carbocycles. The zero-order valence-electron chi connectivity index (χ0n) is 13.5. The highest BCUT2D eigenvalue weighted by atomic mass is 16.5. The highest BCUT2D eigenvalue weighted by molar-refractivity contribution is 5.75. The second kappa shape index (κ2) is 5.77. The summed E-state index contributed by atoms with van der Waals surface area (Å²) in [5.41, 5.74) is 3.39. The topological polar surface area (TPSA) is 70.8 Å². The lowest BCUT2D eigenvalue weighted by molar-refractivity contribution is 0.231. The number of benzene rings is 1. The number of aromatic nitrogens is 4. The zero-order chi connectivity index (χ0) is 15.8. The summed E-state index contributed by atoms with van der Waals surface area (Å²) < 4.78 is 5.22. The van der Waals surface area contributed by atoms with Gasteiger partial charge in [-0.25, -0.2) is 4.98 Å². The van der Waals surface area contributed by atoms with Gasteiger partial charge in [-0.15, -0.1) is 0 Å². The number of imidazole rings is 1. The van der Waals surface area contributed by atoms with Gasteiger partial charge in [0.1, 0.15) is 5.82 Å². The van der Waals surface area contributed by atoms with Crippen molar-refractivity contribution in [3.05, 3.63) is 41.3 Å². The van der Waals surface area contributed by atoms with Gasteiger partial charge >= 0.3 is 0 Å². The number of likely N-dealkylation sites (tertiary alicyclic amines) is 1. The van der Waals surface area contributed by atoms with E-state index in [1.54, 1.807) is 0 Å². The molecule has 1 aliphatic rings. The van der Waals surface area contributed by atoms with Gasteiger partial charge in [0.15, 0.2) is 5.82 Å². The molecule has 6 heteroatoms. The van der Waals surface area contributed by atoms with Crippen LogP contribution in [0.25, 0.3) is 11.0 Å². The van der Waals surface area contributed by atoms with E-state index in [1.165, 1.54) is 12.0 Å². The van der Waals surface area contributed by atoms with Crippen molar-refractivity contribution in [3.63, 3.8) is 0 Å². The van der Waals surface area contributed by atoms with Gasteiger partial charge in [0, 0.05) is 6.42 Å². The zero-order valence-corrected chi connectivity index (χ0v) is 13.5. The van der Waals surface area contributed by atoms with Gasteiger partial charge in [-0.3, -0.25) is 4.90 Å². The summed E-state index contributed by atoms with van der Waals surface area (Å²) in [7, 11) is 0. The second-order valence-electron chi connectivity index (χ2n) is 6.23. The van der Waals surface area contributed by atoms with Crippen LogP contribution in [0, 0.1) is 6.92 Å². The van der Waals surface area contributed by atoms with E-state index in [4.69, 9.17) is 9.51 Å². The van der Waals surface area contributed by atoms with Crippen molar-refractivity contribution in [3.8, 4) is 0 Å². The Morgan fingerprint density at radius 3 is 3.09 bits per heavy atom. The highest BCUT2D eigenvalue weighted by Crippen LogP contribution is 2.32. The van der Waals surface area contributed by atoms with Gasteiger partial charge in [0.05, 0.1) is 23.6 Å². The fourth-order valence-electron chi connectivity index (χ4n) is 3.31. The standard InChI is InChI=1S/C17H21N5O/c1-3-16-20-15(21-23-16)10-22-8-4-5-14(22)17-18-12-7-6-11(2)9-13(12)19-17/h6-7,9,14H,3-5,8,10H2,1-2H3,(H,18,19). The Morgan fingerprint density at radius 2 is 2.26 bits per heavy atom. The minimum Gasteiger partial charge on any atom is -0.341 e. The van der Waals surface area contributed by atoms with Crippen LogP contribution in [0.2, 0.25) is 0 Å². The van der Waals surface area contributed by atoms with E-state index in [0.29, 0.717) is 18.5 Å². The molecule has 1 atom stereocenters. The molecule has 0 saturated carbocycles. The van der Waals surface area contributed by atoms with E-state index >= 15 is 0 Å². The molecule has 1 N–H and O–H groups in total. The predicted molar refractivity (Wildman–Crippen MR) is 86.9 cm³/mol. The molecule has 1 aliphatic heterocycles. The molecular weight excluding hydrogens is 290 g/mol. The molecule has 2 aromatic heterocycles. The Kier molecular flexibility index (Phi) is 3.61. The molecule has 0 radical (unpaired) electrons. The number of aryl methyl sites for hydroxylation is 2. The summed E-state index contributed by atoms with van der Waals surface area (Å²) >= 11 is 0. The van der Waals surface area contributed by atoms with Crippen LogP contribution in [0.1, 0.15) is 48.9 Å². The SMILES string of the molecule is CCc1nc(CN2CCCC2c2nc3ccc(C)cc3[nH]2)no1. The lowest BCUT2D eigenvalue weighted by Crippen LogP contribution is -2.24. The van der Waals surface area contributed by atoms with Crippen LogP contribution in [0.4, 0.5) is 0 Å². The van der Waals surface area contributed by atoms with Crippen LogP contribution in [0.15, 0.2) is 22.7 Å². The molecule has 0 aliphatic carbocycles. The molecule has 3 aromatic rings. The van der Waals surface area contributed by atoms with Crippen LogP contribution in [0.3, 0.4) is 0 Å². The monoisotopic (exact) mass is 311 g/mol. The van der Waals surface area contributed by atoms with Gasteiger partial charge in [0.2, 0.25) is 5.89 Å². The molecule has 0 bridgehead atoms. The molecule has 120 valence electrons. The number of nitrogens with one attached hydrogen (secondary N) is 1. The third-order valence-corrected chi connectivity index (χ3v) is 4.49. The fourth-order valence-corrected chi connectivity index (χ4v) is 3.31. The Balaban J connectivity index is 1.58. The maximum Gasteiger partial charge on any atom is 0.226 e. The minimum atomic E-state index is 0.297. The fraction of sp³-hybridized carbons (Fsp3) is 0.471. The van der Waals surface area contributed by atoms with Crippen molar-refractivity contribution < 1.29 is 4.52 Å². The summed E-state index contributed by atoms with van der Waals surface area (Å²) in [6, 6.07) is 6.63. The minimum absolute atomic E-state index is 0.297. The predicted octanol–water partition coefficient (Wildman–Crippen LogP) is 3.15. The molecule has 1 fully saturated rings. The van der Waals surface area contributed by atoms with Crippen LogP contribution >= 0.6 is 0 Å². The first kappa shape index (κ1) is 14.4. The Hall–Kier alpha value is -2.21. The summed E-state index contributed by atoms with van der Waals surface area (Å²) in [6.07, 6.45) is 3.05. The van der Waals surface area contributed by atoms with Crippen molar-refractivity contribution in [2.24, 2.45) is 0 Å². The summed E-state index contributed by atoms with van der Waals surface area (Å²) in [6.45, 7) is 5.87. The number of hydrogen-bond acceptors (Lipinski definition) is 5. The van der Waals surface area contributed by atoms with Crippen LogP contribution in [-0.2, 0) is 13.0 Å². The Bertz CT molecular complexity index is 821. The van der Waals surface area contributed by atoms with E-state index in [-0.39, 0.29) is 0 Å². The second-order valence-corrected chi connectivity index (χ2v) is 6.23. The molecule has 4 rings (SSSR count). The molecule has 6 nitrogen and oxygen atoms in total. The average Bonchev–Trinajstić information content (AvgIpc) is 3.25. The molecule has 23 heavy (non-hydrogen) atoms. The van der Waals surface area contributed by atoms with Crippen LogP contribution in [0.5, 0.6) is 0 Å². The maximum absolute atomic E-state index is 5.22. The van der Waals surface area contributed by atoms with Gasteiger partial charge in [0.25, 0.3) is 0 Å². The van der Waals surface area contributed by atoms with E-state index in [1.807, 2.05) is 6.92 Å². The van der Waals surface area contributed by atoms with E-state index in [9.17, 15) is 0 Å². The van der Waals surface area contributed by atoms with Gasteiger partial charge in [-0.2, -0.15) is 4.98 Å². The number of nitrogens with zero attached hydrogens (tertiary/aromatic N) is 4. The number of rotatable bonds is 4. The van der Waals surface area contributed by atoms with Crippen LogP contribution < -0.4 is 0 Å². The molecule has 1 saturated heterocycles. The first-order valence-electron chi connectivity index (χ1n) is 8.24. The molecular formula is C17H21N5O. The molecule has 0 spiro atoms. The summed E-state index contributed by atoms with van der Waals surface area (Å²) in [4.78, 5) is 15.1. The van der Waals surface area contributed by atoms with Gasteiger partial charge in [-0.05, 0) is 44.0 Å². The maximum atomic E-state index is 5.22. The molecule has 1 unspecified atom stereocenters. The van der Waals surface area contributed by atoms with Crippen molar-refractivity contribution in [1.29, 1.82) is 0 Å². The number of H-pyrrole nitrogens is 1. The summed E-state index contributed by atoms with van der Waals surface area (Å²) in [5, 5.41) is 4.07. The van der Waals surface area contributed by atoms with Crippen LogP contribution in [-0.4, -0.2) is 31.6 Å². The van der Waals surface area contributed by atoms with E-state index in [0.717, 1.165) is 42.1 Å². The number of hydrogen-bond donors (Lipinski definition) is 1. The van der Waals surface area contributed by atoms with E-state index in [2.05, 4.69) is 45.1 Å². The first-order chi connectivity index (χ1) is 11.2. The van der Waals surface area contributed by atoms with Crippen molar-refractivity contribution in [2.45, 2.75) is 45.7 Å². The molecule has 3 heterocycles. The van der Waals surface area contributed by atoms with E-state index < -0.39 is 0 Å². The third kappa shape index (κ3) is 2.74. The highest BCUT2D eigenvalue weighted by Gasteiger charge is 2.29. The quantitative estimate of drug-likeness (QED) is 0.801.